The zero-order valence-electron chi connectivity index (χ0n) is 18.3. The van der Waals surface area contributed by atoms with Crippen LogP contribution in [0.1, 0.15) is 23.5 Å². The number of aliphatic carboxylic acids is 1. The van der Waals surface area contributed by atoms with Crippen LogP contribution in [0.2, 0.25) is 0 Å². The summed E-state index contributed by atoms with van der Waals surface area (Å²) in [6.07, 6.45) is 2.97. The fraction of sp³-hybridized carbons (Fsp3) is 0.280. The van der Waals surface area contributed by atoms with E-state index < -0.39 is 12.1 Å². The maximum absolute atomic E-state index is 12.4. The van der Waals surface area contributed by atoms with Gasteiger partial charge in [0, 0.05) is 18.7 Å². The molecule has 3 N–H and O–H groups in total. The number of carbonyl (C=O) groups is 3. The van der Waals surface area contributed by atoms with Crippen molar-refractivity contribution in [1.82, 2.24) is 15.1 Å². The number of carboxylic acid groups (broad SMARTS) is 1. The van der Waals surface area contributed by atoms with Crippen molar-refractivity contribution in [2.24, 2.45) is 11.8 Å². The summed E-state index contributed by atoms with van der Waals surface area (Å²) in [5, 5.41) is 18.4. The van der Waals surface area contributed by atoms with E-state index in [4.69, 9.17) is 9.84 Å². The van der Waals surface area contributed by atoms with Crippen molar-refractivity contribution in [1.29, 1.82) is 0 Å². The van der Waals surface area contributed by atoms with Crippen LogP contribution in [0.15, 0.2) is 60.9 Å². The molecular weight excluding hydrogens is 436 g/mol. The van der Waals surface area contributed by atoms with Crippen molar-refractivity contribution >= 4 is 23.7 Å². The van der Waals surface area contributed by atoms with Gasteiger partial charge in [-0.2, -0.15) is 5.10 Å². The van der Waals surface area contributed by atoms with Crippen molar-refractivity contribution in [2.45, 2.75) is 18.9 Å². The molecule has 0 bridgehead atoms. The average molecular weight is 460 g/mol. The Balaban J connectivity index is 1.12. The summed E-state index contributed by atoms with van der Waals surface area (Å²) in [4.78, 5) is 35.3. The Labute approximate surface area is 195 Å². The van der Waals surface area contributed by atoms with Crippen LogP contribution in [0.25, 0.3) is 11.1 Å². The molecule has 2 atom stereocenters. The van der Waals surface area contributed by atoms with Crippen LogP contribution in [0.3, 0.4) is 0 Å². The predicted molar refractivity (Wildman–Crippen MR) is 123 cm³/mol. The Morgan fingerprint density at radius 1 is 1.06 bits per heavy atom. The van der Waals surface area contributed by atoms with Crippen LogP contribution in [0.5, 0.6) is 0 Å². The molecule has 2 aliphatic carbocycles. The number of carboxylic acids is 1. The topological polar surface area (TPSA) is 123 Å². The first-order valence-electron chi connectivity index (χ1n) is 11.1. The van der Waals surface area contributed by atoms with Gasteiger partial charge in [0.05, 0.1) is 17.8 Å². The molecule has 1 aromatic heterocycles. The molecule has 34 heavy (non-hydrogen) atoms. The van der Waals surface area contributed by atoms with Gasteiger partial charge in [-0.15, -0.1) is 0 Å². The first kappa shape index (κ1) is 21.7. The van der Waals surface area contributed by atoms with Gasteiger partial charge in [0.1, 0.15) is 13.2 Å². The summed E-state index contributed by atoms with van der Waals surface area (Å²) >= 11 is 0. The SMILES string of the molecule is O=C(Cn1cc(NC(=O)OCC2c3ccccc3-c3ccccc32)cn1)NC[C@H]1C[C@H]1C(=O)O. The number of fused-ring (bicyclic) bond motifs is 3. The van der Waals surface area contributed by atoms with Gasteiger partial charge in [-0.3, -0.25) is 19.6 Å². The van der Waals surface area contributed by atoms with Gasteiger partial charge in [-0.05, 0) is 34.6 Å². The molecule has 0 unspecified atom stereocenters. The minimum atomic E-state index is -0.824. The molecule has 2 amide bonds. The van der Waals surface area contributed by atoms with E-state index in [1.807, 2.05) is 24.3 Å². The Morgan fingerprint density at radius 2 is 1.74 bits per heavy atom. The largest absolute Gasteiger partial charge is 0.481 e. The van der Waals surface area contributed by atoms with Crippen molar-refractivity contribution in [2.75, 3.05) is 18.5 Å². The van der Waals surface area contributed by atoms with E-state index in [1.54, 1.807) is 0 Å². The van der Waals surface area contributed by atoms with Crippen LogP contribution in [-0.2, 0) is 20.9 Å². The highest BCUT2D eigenvalue weighted by Crippen LogP contribution is 2.44. The predicted octanol–water partition coefficient (Wildman–Crippen LogP) is 3.08. The Morgan fingerprint density at radius 3 is 2.38 bits per heavy atom. The lowest BCUT2D eigenvalue weighted by molar-refractivity contribution is -0.139. The molecule has 1 saturated carbocycles. The molecule has 1 heterocycles. The summed E-state index contributed by atoms with van der Waals surface area (Å²) in [7, 11) is 0. The molecule has 0 aliphatic heterocycles. The van der Waals surface area contributed by atoms with Crippen LogP contribution >= 0.6 is 0 Å². The lowest BCUT2D eigenvalue weighted by atomic mass is 9.98. The van der Waals surface area contributed by atoms with Gasteiger partial charge in [0.15, 0.2) is 0 Å². The highest BCUT2D eigenvalue weighted by Gasteiger charge is 2.43. The first-order valence-corrected chi connectivity index (χ1v) is 11.1. The molecule has 9 heteroatoms. The Hall–Kier alpha value is -4.14. The number of hydrogen-bond acceptors (Lipinski definition) is 5. The number of nitrogens with one attached hydrogen (secondary N) is 2. The lowest BCUT2D eigenvalue weighted by Crippen LogP contribution is -2.30. The molecule has 3 aromatic rings. The van der Waals surface area contributed by atoms with E-state index in [-0.39, 0.29) is 36.8 Å². The molecule has 0 radical (unpaired) electrons. The number of benzene rings is 2. The third kappa shape index (κ3) is 4.50. The van der Waals surface area contributed by atoms with Gasteiger partial charge < -0.3 is 15.2 Å². The number of anilines is 1. The number of carbonyl (C=O) groups excluding carboxylic acids is 2. The van der Waals surface area contributed by atoms with E-state index in [0.717, 1.165) is 22.3 Å². The third-order valence-corrected chi connectivity index (χ3v) is 6.33. The number of amides is 2. The van der Waals surface area contributed by atoms with E-state index >= 15 is 0 Å². The molecule has 174 valence electrons. The molecule has 5 rings (SSSR count). The van der Waals surface area contributed by atoms with Gasteiger partial charge in [0.25, 0.3) is 0 Å². The fourth-order valence-corrected chi connectivity index (χ4v) is 4.49. The normalized spacial score (nSPS) is 18.0. The van der Waals surface area contributed by atoms with Crippen LogP contribution in [0, 0.1) is 11.8 Å². The summed E-state index contributed by atoms with van der Waals surface area (Å²) < 4.78 is 6.92. The number of hydrogen-bond donors (Lipinski definition) is 3. The minimum absolute atomic E-state index is 0.00938. The van der Waals surface area contributed by atoms with Gasteiger partial charge >= 0.3 is 12.1 Å². The zero-order valence-corrected chi connectivity index (χ0v) is 18.3. The van der Waals surface area contributed by atoms with Gasteiger partial charge in [0.2, 0.25) is 5.91 Å². The minimum Gasteiger partial charge on any atom is -0.481 e. The van der Waals surface area contributed by atoms with Crippen LogP contribution in [-0.4, -0.2) is 46.0 Å². The second-order valence-electron chi connectivity index (χ2n) is 8.62. The van der Waals surface area contributed by atoms with Crippen molar-refractivity contribution in [3.63, 3.8) is 0 Å². The van der Waals surface area contributed by atoms with Crippen molar-refractivity contribution in [3.05, 3.63) is 72.1 Å². The monoisotopic (exact) mass is 460 g/mol. The molecule has 0 saturated heterocycles. The van der Waals surface area contributed by atoms with Gasteiger partial charge in [-0.25, -0.2) is 4.79 Å². The number of aromatic nitrogens is 2. The lowest BCUT2D eigenvalue weighted by Gasteiger charge is -2.14. The number of ether oxygens (including phenoxy) is 1. The number of rotatable bonds is 8. The van der Waals surface area contributed by atoms with Crippen LogP contribution < -0.4 is 10.6 Å². The molecule has 1 fully saturated rings. The quantitative estimate of drug-likeness (QED) is 0.475. The maximum atomic E-state index is 12.4. The van der Waals surface area contributed by atoms with Gasteiger partial charge in [-0.1, -0.05) is 48.5 Å². The summed E-state index contributed by atoms with van der Waals surface area (Å²) in [6.45, 7) is 0.508. The summed E-state index contributed by atoms with van der Waals surface area (Å²) in [5.41, 5.74) is 5.00. The van der Waals surface area contributed by atoms with E-state index in [1.165, 1.54) is 17.1 Å². The Bertz CT molecular complexity index is 1210. The summed E-state index contributed by atoms with van der Waals surface area (Å²) in [6, 6.07) is 16.2. The van der Waals surface area contributed by atoms with Crippen molar-refractivity contribution in [3.8, 4) is 11.1 Å². The van der Waals surface area contributed by atoms with Crippen molar-refractivity contribution < 1.29 is 24.2 Å². The number of nitrogens with zero attached hydrogens (tertiary/aromatic N) is 2. The maximum Gasteiger partial charge on any atom is 0.411 e. The first-order chi connectivity index (χ1) is 16.5. The van der Waals surface area contributed by atoms with E-state index in [0.29, 0.717) is 18.7 Å². The Kier molecular flexibility index (Phi) is 5.75. The molecule has 9 nitrogen and oxygen atoms in total. The smallest absolute Gasteiger partial charge is 0.411 e. The van der Waals surface area contributed by atoms with Crippen LogP contribution in [0.4, 0.5) is 10.5 Å². The van der Waals surface area contributed by atoms with E-state index in [2.05, 4.69) is 40.0 Å². The molecule has 2 aliphatic rings. The highest BCUT2D eigenvalue weighted by molar-refractivity contribution is 5.85. The summed E-state index contributed by atoms with van der Waals surface area (Å²) in [5.74, 6) is -1.50. The third-order valence-electron chi connectivity index (χ3n) is 6.33. The second kappa shape index (κ2) is 9.01. The fourth-order valence-electron chi connectivity index (χ4n) is 4.49. The standard InChI is InChI=1S/C25H24N4O5/c30-23(26-10-15-9-21(15)24(31)32)13-29-12-16(11-27-29)28-25(33)34-14-22-19-7-3-1-5-17(19)18-6-2-4-8-20(18)22/h1-8,11-12,15,21-22H,9-10,13-14H2,(H,26,30)(H,28,33)(H,31,32)/t15-,21-/m1/s1. The molecule has 2 aromatic carbocycles. The second-order valence-corrected chi connectivity index (χ2v) is 8.62. The highest BCUT2D eigenvalue weighted by atomic mass is 16.5. The van der Waals surface area contributed by atoms with E-state index in [9.17, 15) is 14.4 Å². The molecule has 0 spiro atoms. The zero-order chi connectivity index (χ0) is 23.7. The average Bonchev–Trinajstić information content (AvgIpc) is 3.39. The molecular formula is C25H24N4O5.